The standard InChI is InChI=1S/C36H48FN3O6/c1-4-6-32-45-31-15-26-25-9-7-23-14-28-22(19-39-40(28)24-8-10-27(37)21(13-24)18-38-11-5-12-41)16-34(23,2)33(25)29(43)17-35(26,3)36(31,46-32)30(44)20-42/h8,10,13-14,19,25-26,29,31-33,38,41-43H,4-7,9,11-12,15-18,20H2,1-3H3/t25-,26-,29-,31+,32-,33+,34-,35-,36+/m0/s1. The van der Waals surface area contributed by atoms with Gasteiger partial charge in [0.1, 0.15) is 12.4 Å². The van der Waals surface area contributed by atoms with Gasteiger partial charge >= 0.3 is 0 Å². The molecular weight excluding hydrogens is 589 g/mol. The first kappa shape index (κ1) is 32.1. The number of halogens is 1. The van der Waals surface area contributed by atoms with Crippen molar-refractivity contribution in [1.29, 1.82) is 0 Å². The monoisotopic (exact) mass is 637 g/mol. The lowest BCUT2D eigenvalue weighted by Crippen LogP contribution is -2.64. The van der Waals surface area contributed by atoms with E-state index in [9.17, 15) is 19.4 Å². The van der Waals surface area contributed by atoms with Crippen LogP contribution >= 0.6 is 0 Å². The van der Waals surface area contributed by atoms with E-state index < -0.39 is 36.1 Å². The molecule has 4 aliphatic carbocycles. The van der Waals surface area contributed by atoms with Crippen LogP contribution in [0.4, 0.5) is 4.39 Å². The molecule has 7 rings (SSSR count). The van der Waals surface area contributed by atoms with Crippen LogP contribution in [-0.2, 0) is 27.2 Å². The SMILES string of the molecule is CCC[C@H]1O[C@@H]2C[C@H]3[C@@H]4CCC5=Cc6c(cnn6-c6ccc(F)c(CNCCCO)c6)C[C@]5(C)[C@H]4[C@@H](O)C[C@]3(C)[C@]2(C(=O)CO)O1. The molecular formula is C36H48FN3O6. The first-order valence-corrected chi connectivity index (χ1v) is 17.1. The molecule has 9 atom stereocenters. The maximum Gasteiger partial charge on any atom is 0.193 e. The van der Waals surface area contributed by atoms with Gasteiger partial charge in [-0.3, -0.25) is 4.79 Å². The molecule has 46 heavy (non-hydrogen) atoms. The Balaban J connectivity index is 1.18. The quantitative estimate of drug-likeness (QED) is 0.287. The summed E-state index contributed by atoms with van der Waals surface area (Å²) in [5.41, 5.74) is 2.58. The van der Waals surface area contributed by atoms with Crippen LogP contribution < -0.4 is 5.32 Å². The van der Waals surface area contributed by atoms with Crippen LogP contribution in [0.2, 0.25) is 0 Å². The number of fused-ring (bicyclic) bond motifs is 8. The largest absolute Gasteiger partial charge is 0.396 e. The number of ether oxygens (including phenoxy) is 2. The molecule has 10 heteroatoms. The molecule has 2 aromatic rings. The maximum atomic E-state index is 14.7. The van der Waals surface area contributed by atoms with E-state index >= 15 is 0 Å². The number of carbonyl (C=O) groups excluding carboxylic acids is 1. The van der Waals surface area contributed by atoms with Crippen molar-refractivity contribution in [3.05, 3.63) is 52.6 Å². The van der Waals surface area contributed by atoms with Gasteiger partial charge in [-0.25, -0.2) is 9.07 Å². The molecule has 5 aliphatic rings. The normalized spacial score (nSPS) is 37.6. The molecule has 1 saturated heterocycles. The predicted octanol–water partition coefficient (Wildman–Crippen LogP) is 4.09. The number of ketones is 1. The molecule has 0 unspecified atom stereocenters. The lowest BCUT2D eigenvalue weighted by Gasteiger charge is -2.60. The van der Waals surface area contributed by atoms with Gasteiger partial charge in [-0.2, -0.15) is 5.10 Å². The van der Waals surface area contributed by atoms with Crippen molar-refractivity contribution in [2.24, 2.45) is 28.6 Å². The number of hydrogen-bond acceptors (Lipinski definition) is 8. The Kier molecular flexibility index (Phi) is 8.30. The number of Topliss-reactive ketones (excluding diaryl/α,β-unsaturated/α-hetero) is 1. The predicted molar refractivity (Wildman–Crippen MR) is 169 cm³/mol. The van der Waals surface area contributed by atoms with Gasteiger partial charge in [-0.05, 0) is 104 Å². The number of benzene rings is 1. The summed E-state index contributed by atoms with van der Waals surface area (Å²) in [6, 6.07) is 5.07. The molecule has 0 radical (unpaired) electrons. The molecule has 0 spiro atoms. The number of aromatic nitrogens is 2. The molecule has 250 valence electrons. The summed E-state index contributed by atoms with van der Waals surface area (Å²) in [7, 11) is 0. The highest BCUT2D eigenvalue weighted by atomic mass is 19.1. The van der Waals surface area contributed by atoms with Crippen molar-refractivity contribution in [2.75, 3.05) is 19.8 Å². The number of aliphatic hydroxyl groups is 3. The highest BCUT2D eigenvalue weighted by molar-refractivity contribution is 5.91. The van der Waals surface area contributed by atoms with E-state index in [4.69, 9.17) is 19.7 Å². The minimum absolute atomic E-state index is 0.00367. The summed E-state index contributed by atoms with van der Waals surface area (Å²) >= 11 is 0. The summed E-state index contributed by atoms with van der Waals surface area (Å²) in [6.07, 6.45) is 8.39. The van der Waals surface area contributed by atoms with Gasteiger partial charge in [-0.1, -0.05) is 32.8 Å². The number of allylic oxidation sites excluding steroid dienone is 1. The Morgan fingerprint density at radius 2 is 2.09 bits per heavy atom. The van der Waals surface area contributed by atoms with Crippen molar-refractivity contribution in [3.63, 3.8) is 0 Å². The maximum absolute atomic E-state index is 14.7. The average molecular weight is 638 g/mol. The molecule has 0 amide bonds. The molecule has 1 aromatic heterocycles. The zero-order chi connectivity index (χ0) is 32.4. The zero-order valence-corrected chi connectivity index (χ0v) is 27.2. The Morgan fingerprint density at radius 3 is 2.85 bits per heavy atom. The Bertz CT molecular complexity index is 1530. The van der Waals surface area contributed by atoms with Gasteiger partial charge in [0.2, 0.25) is 0 Å². The second-order valence-electron chi connectivity index (χ2n) is 14.8. The zero-order valence-electron chi connectivity index (χ0n) is 27.2. The van der Waals surface area contributed by atoms with E-state index in [0.29, 0.717) is 44.3 Å². The second-order valence-corrected chi connectivity index (χ2v) is 14.8. The molecule has 4 N–H and O–H groups in total. The van der Waals surface area contributed by atoms with Crippen LogP contribution in [0.5, 0.6) is 0 Å². The smallest absolute Gasteiger partial charge is 0.193 e. The van der Waals surface area contributed by atoms with Crippen LogP contribution in [-0.4, -0.2) is 74.7 Å². The van der Waals surface area contributed by atoms with Gasteiger partial charge in [0.25, 0.3) is 0 Å². The van der Waals surface area contributed by atoms with Gasteiger partial charge in [0.15, 0.2) is 17.7 Å². The highest BCUT2D eigenvalue weighted by Crippen LogP contribution is 2.70. The third-order valence-corrected chi connectivity index (χ3v) is 12.4. The van der Waals surface area contributed by atoms with E-state index in [-0.39, 0.29) is 41.4 Å². The number of nitrogens with one attached hydrogen (secondary N) is 1. The average Bonchev–Trinajstić information content (AvgIpc) is 3.67. The van der Waals surface area contributed by atoms with E-state index in [2.05, 4.69) is 32.2 Å². The summed E-state index contributed by atoms with van der Waals surface area (Å²) in [5.74, 6) is -0.310. The molecule has 3 saturated carbocycles. The van der Waals surface area contributed by atoms with Crippen LogP contribution in [0.1, 0.15) is 82.5 Å². The summed E-state index contributed by atoms with van der Waals surface area (Å²) in [6.45, 7) is 6.90. The molecule has 0 bridgehead atoms. The first-order valence-electron chi connectivity index (χ1n) is 17.1. The van der Waals surface area contributed by atoms with E-state index in [1.807, 2.05) is 16.9 Å². The fourth-order valence-electron chi connectivity index (χ4n) is 10.4. The third kappa shape index (κ3) is 4.62. The van der Waals surface area contributed by atoms with E-state index in [0.717, 1.165) is 42.6 Å². The minimum atomic E-state index is -1.24. The van der Waals surface area contributed by atoms with Crippen molar-refractivity contribution >= 4 is 11.9 Å². The number of hydrogen-bond donors (Lipinski definition) is 4. The molecule has 2 heterocycles. The van der Waals surface area contributed by atoms with Crippen molar-refractivity contribution in [3.8, 4) is 5.69 Å². The van der Waals surface area contributed by atoms with Crippen LogP contribution in [0.15, 0.2) is 30.0 Å². The fourth-order valence-corrected chi connectivity index (χ4v) is 10.4. The fraction of sp³-hybridized carbons (Fsp3) is 0.667. The molecule has 1 aliphatic heterocycles. The lowest BCUT2D eigenvalue weighted by molar-refractivity contribution is -0.202. The van der Waals surface area contributed by atoms with Gasteiger partial charge < -0.3 is 30.1 Å². The van der Waals surface area contributed by atoms with Crippen LogP contribution in [0, 0.1) is 34.4 Å². The Hall–Kier alpha value is -2.47. The summed E-state index contributed by atoms with van der Waals surface area (Å²) in [5, 5.41) is 39.2. The van der Waals surface area contributed by atoms with Crippen LogP contribution in [0.25, 0.3) is 11.8 Å². The first-order chi connectivity index (χ1) is 22.1. The Morgan fingerprint density at radius 1 is 1.26 bits per heavy atom. The number of rotatable bonds is 10. The number of nitrogens with zero attached hydrogens (tertiary/aromatic N) is 2. The number of carbonyl (C=O) groups is 1. The summed E-state index contributed by atoms with van der Waals surface area (Å²) in [4.78, 5) is 13.6. The van der Waals surface area contributed by atoms with Crippen molar-refractivity contribution in [2.45, 2.75) is 103 Å². The van der Waals surface area contributed by atoms with Gasteiger partial charge in [0.05, 0.1) is 29.8 Å². The summed E-state index contributed by atoms with van der Waals surface area (Å²) < 4.78 is 29.5. The van der Waals surface area contributed by atoms with Gasteiger partial charge in [0, 0.05) is 24.1 Å². The van der Waals surface area contributed by atoms with Gasteiger partial charge in [-0.15, -0.1) is 0 Å². The van der Waals surface area contributed by atoms with Crippen LogP contribution in [0.3, 0.4) is 0 Å². The van der Waals surface area contributed by atoms with Crippen molar-refractivity contribution in [1.82, 2.24) is 15.1 Å². The molecule has 4 fully saturated rings. The minimum Gasteiger partial charge on any atom is -0.396 e. The highest BCUT2D eigenvalue weighted by Gasteiger charge is 2.75. The lowest BCUT2D eigenvalue weighted by atomic mass is 9.45. The topological polar surface area (TPSA) is 126 Å². The van der Waals surface area contributed by atoms with E-state index in [1.54, 1.807) is 6.07 Å². The Labute approximate surface area is 270 Å². The second kappa shape index (κ2) is 11.9. The molecule has 1 aromatic carbocycles. The van der Waals surface area contributed by atoms with E-state index in [1.165, 1.54) is 11.6 Å². The van der Waals surface area contributed by atoms with Crippen molar-refractivity contribution < 1.29 is 34.0 Å². The third-order valence-electron chi connectivity index (χ3n) is 12.4. The molecule has 9 nitrogen and oxygen atoms in total. The number of aliphatic hydroxyl groups excluding tert-OH is 3.